The van der Waals surface area contributed by atoms with Gasteiger partial charge in [-0.25, -0.2) is 4.98 Å². The zero-order chi connectivity index (χ0) is 16.9. The molecule has 0 amide bonds. The van der Waals surface area contributed by atoms with Crippen LogP contribution in [0.2, 0.25) is 0 Å². The predicted octanol–water partition coefficient (Wildman–Crippen LogP) is 3.77. The van der Waals surface area contributed by atoms with Gasteiger partial charge in [-0.05, 0) is 24.3 Å². The van der Waals surface area contributed by atoms with Gasteiger partial charge in [0.05, 0.1) is 37.8 Å². The molecule has 6 nitrogen and oxygen atoms in total. The highest BCUT2D eigenvalue weighted by atomic mass is 32.1. The van der Waals surface area contributed by atoms with Crippen LogP contribution in [-0.2, 0) is 0 Å². The van der Waals surface area contributed by atoms with Crippen molar-refractivity contribution < 1.29 is 14.2 Å². The largest absolute Gasteiger partial charge is 0.493 e. The molecule has 0 aliphatic heterocycles. The molecular weight excluding hydrogens is 326 g/mol. The molecule has 0 saturated carbocycles. The molecule has 1 N–H and O–H groups in total. The third-order valence-corrected chi connectivity index (χ3v) is 4.33. The second-order valence-electron chi connectivity index (χ2n) is 4.78. The number of anilines is 1. The summed E-state index contributed by atoms with van der Waals surface area (Å²) in [5, 5.41) is 4.97. The van der Waals surface area contributed by atoms with Crippen LogP contribution >= 0.6 is 11.3 Å². The zero-order valence-corrected chi connectivity index (χ0v) is 14.4. The lowest BCUT2D eigenvalue weighted by atomic mass is 10.2. The molecule has 0 unspecified atom stereocenters. The lowest BCUT2D eigenvalue weighted by molar-refractivity contribution is 0.324. The van der Waals surface area contributed by atoms with E-state index in [1.807, 2.05) is 30.3 Å². The molecule has 2 aromatic carbocycles. The van der Waals surface area contributed by atoms with Crippen LogP contribution < -0.4 is 19.6 Å². The Balaban J connectivity index is 1.83. The molecule has 0 aliphatic rings. The summed E-state index contributed by atoms with van der Waals surface area (Å²) in [6.45, 7) is 0. The van der Waals surface area contributed by atoms with Gasteiger partial charge in [0.15, 0.2) is 11.5 Å². The van der Waals surface area contributed by atoms with E-state index >= 15 is 0 Å². The van der Waals surface area contributed by atoms with Crippen LogP contribution in [-0.4, -0.2) is 32.5 Å². The first-order chi connectivity index (χ1) is 11.8. The van der Waals surface area contributed by atoms with E-state index in [2.05, 4.69) is 15.5 Å². The average molecular weight is 343 g/mol. The van der Waals surface area contributed by atoms with Crippen molar-refractivity contribution in [2.45, 2.75) is 0 Å². The fourth-order valence-electron chi connectivity index (χ4n) is 2.30. The van der Waals surface area contributed by atoms with Crippen LogP contribution in [0.15, 0.2) is 41.5 Å². The number of nitrogens with one attached hydrogen (secondary N) is 1. The number of aromatic nitrogens is 1. The fourth-order valence-corrected chi connectivity index (χ4v) is 3.12. The minimum Gasteiger partial charge on any atom is -0.493 e. The Morgan fingerprint density at radius 2 is 1.79 bits per heavy atom. The van der Waals surface area contributed by atoms with Gasteiger partial charge in [0.1, 0.15) is 0 Å². The summed E-state index contributed by atoms with van der Waals surface area (Å²) in [4.78, 5) is 4.47. The van der Waals surface area contributed by atoms with Crippen LogP contribution in [0, 0.1) is 0 Å². The molecule has 24 heavy (non-hydrogen) atoms. The Bertz CT molecular complexity index is 844. The molecule has 7 heteroatoms. The lowest BCUT2D eigenvalue weighted by Gasteiger charge is -2.13. The maximum absolute atomic E-state index is 5.42. The third kappa shape index (κ3) is 3.11. The van der Waals surface area contributed by atoms with Gasteiger partial charge in [-0.1, -0.05) is 23.5 Å². The van der Waals surface area contributed by atoms with Gasteiger partial charge < -0.3 is 14.2 Å². The van der Waals surface area contributed by atoms with E-state index in [1.165, 1.54) is 0 Å². The number of hydrogen-bond donors (Lipinski definition) is 1. The van der Waals surface area contributed by atoms with Gasteiger partial charge in [0.25, 0.3) is 0 Å². The Kier molecular flexibility index (Phi) is 4.81. The Hall–Kier alpha value is -2.80. The molecule has 124 valence electrons. The normalized spacial score (nSPS) is 11.0. The van der Waals surface area contributed by atoms with Crippen molar-refractivity contribution >= 4 is 32.9 Å². The highest BCUT2D eigenvalue weighted by Crippen LogP contribution is 2.39. The quantitative estimate of drug-likeness (QED) is 0.545. The van der Waals surface area contributed by atoms with E-state index in [4.69, 9.17) is 14.2 Å². The molecule has 0 bridgehead atoms. The van der Waals surface area contributed by atoms with Crippen LogP contribution in [0.1, 0.15) is 5.56 Å². The second kappa shape index (κ2) is 7.18. The molecular formula is C17H17N3O3S. The smallest absolute Gasteiger partial charge is 0.204 e. The van der Waals surface area contributed by atoms with Crippen LogP contribution in [0.3, 0.4) is 0 Å². The topological polar surface area (TPSA) is 65.0 Å². The summed E-state index contributed by atoms with van der Waals surface area (Å²) in [6, 6.07) is 11.6. The van der Waals surface area contributed by atoms with Gasteiger partial charge in [-0.2, -0.15) is 5.10 Å². The molecule has 0 spiro atoms. The van der Waals surface area contributed by atoms with Crippen LogP contribution in [0.4, 0.5) is 5.13 Å². The van der Waals surface area contributed by atoms with Crippen molar-refractivity contribution in [1.82, 2.24) is 4.98 Å². The molecule has 1 aromatic heterocycles. The molecule has 0 fully saturated rings. The summed E-state index contributed by atoms with van der Waals surface area (Å²) in [5.74, 6) is 1.70. The SMILES string of the molecule is COc1ccc(/C=N\Nc2nc3ccccc3s2)c(OC)c1OC. The first-order valence-electron chi connectivity index (χ1n) is 7.20. The Labute approximate surface area is 143 Å². The minimum atomic E-state index is 0.531. The van der Waals surface area contributed by atoms with Crippen molar-refractivity contribution in [3.63, 3.8) is 0 Å². The van der Waals surface area contributed by atoms with E-state index in [0.717, 1.165) is 20.9 Å². The lowest BCUT2D eigenvalue weighted by Crippen LogP contribution is -1.99. The fraction of sp³-hybridized carbons (Fsp3) is 0.176. The Morgan fingerprint density at radius 1 is 1.00 bits per heavy atom. The molecule has 1 heterocycles. The summed E-state index contributed by atoms with van der Waals surface area (Å²) in [5.41, 5.74) is 4.66. The van der Waals surface area contributed by atoms with Gasteiger partial charge in [-0.15, -0.1) is 0 Å². The van der Waals surface area contributed by atoms with E-state index < -0.39 is 0 Å². The standard InChI is InChI=1S/C17H17N3O3S/c1-21-13-9-8-11(15(22-2)16(13)23-3)10-18-20-17-19-12-6-4-5-7-14(12)24-17/h4-10H,1-3H3,(H,19,20)/b18-10-. The van der Waals surface area contributed by atoms with Crippen molar-refractivity contribution in [3.8, 4) is 17.2 Å². The van der Waals surface area contributed by atoms with Crippen LogP contribution in [0.25, 0.3) is 10.2 Å². The number of hydrogen-bond acceptors (Lipinski definition) is 7. The summed E-state index contributed by atoms with van der Waals surface area (Å²) in [7, 11) is 4.73. The Morgan fingerprint density at radius 3 is 2.50 bits per heavy atom. The van der Waals surface area contributed by atoms with Crippen molar-refractivity contribution in [2.75, 3.05) is 26.8 Å². The zero-order valence-electron chi connectivity index (χ0n) is 13.6. The van der Waals surface area contributed by atoms with Crippen molar-refractivity contribution in [1.29, 1.82) is 0 Å². The number of nitrogens with zero attached hydrogens (tertiary/aromatic N) is 2. The number of para-hydroxylation sites is 1. The molecule has 3 aromatic rings. The first kappa shape index (κ1) is 16.1. The summed E-state index contributed by atoms with van der Waals surface area (Å²) < 4.78 is 17.2. The minimum absolute atomic E-state index is 0.531. The van der Waals surface area contributed by atoms with Crippen molar-refractivity contribution in [3.05, 3.63) is 42.0 Å². The van der Waals surface area contributed by atoms with Gasteiger partial charge in [0, 0.05) is 5.56 Å². The molecule has 0 atom stereocenters. The number of methoxy groups -OCH3 is 3. The highest BCUT2D eigenvalue weighted by Gasteiger charge is 2.14. The predicted molar refractivity (Wildman–Crippen MR) is 96.9 cm³/mol. The van der Waals surface area contributed by atoms with E-state index in [-0.39, 0.29) is 0 Å². The molecule has 0 saturated heterocycles. The second-order valence-corrected chi connectivity index (χ2v) is 5.81. The van der Waals surface area contributed by atoms with Gasteiger partial charge in [0.2, 0.25) is 10.9 Å². The molecule has 3 rings (SSSR count). The van der Waals surface area contributed by atoms with Crippen molar-refractivity contribution in [2.24, 2.45) is 5.10 Å². The first-order valence-corrected chi connectivity index (χ1v) is 8.02. The number of benzene rings is 2. The summed E-state index contributed by atoms with van der Waals surface area (Å²) in [6.07, 6.45) is 1.66. The van der Waals surface area contributed by atoms with Gasteiger partial charge in [-0.3, -0.25) is 5.43 Å². The van der Waals surface area contributed by atoms with E-state index in [0.29, 0.717) is 17.2 Å². The maximum atomic E-state index is 5.42. The summed E-state index contributed by atoms with van der Waals surface area (Å²) >= 11 is 1.54. The molecule has 0 aliphatic carbocycles. The maximum Gasteiger partial charge on any atom is 0.204 e. The van der Waals surface area contributed by atoms with Gasteiger partial charge >= 0.3 is 0 Å². The van der Waals surface area contributed by atoms with Crippen LogP contribution in [0.5, 0.6) is 17.2 Å². The number of thiazole rings is 1. The number of rotatable bonds is 6. The number of fused-ring (bicyclic) bond motifs is 1. The van der Waals surface area contributed by atoms with E-state index in [9.17, 15) is 0 Å². The number of hydrazone groups is 1. The highest BCUT2D eigenvalue weighted by molar-refractivity contribution is 7.22. The third-order valence-electron chi connectivity index (χ3n) is 3.39. The average Bonchev–Trinajstić information content (AvgIpc) is 3.03. The van der Waals surface area contributed by atoms with E-state index in [1.54, 1.807) is 44.9 Å². The number of ether oxygens (including phenoxy) is 3. The molecule has 0 radical (unpaired) electrons. The monoisotopic (exact) mass is 343 g/mol.